The molecule has 29 heavy (non-hydrogen) atoms. The average molecular weight is 405 g/mol. The maximum Gasteiger partial charge on any atom is 0.171 e. The molecule has 0 aromatic carbocycles. The van der Waals surface area contributed by atoms with E-state index in [1.54, 1.807) is 0 Å². The molecule has 5 heteroatoms. The quantitative estimate of drug-likeness (QED) is 0.518. The largest absolute Gasteiger partial charge is 0.393 e. The zero-order valence-electron chi connectivity index (χ0n) is 18.1. The van der Waals surface area contributed by atoms with E-state index in [1.165, 1.54) is 0 Å². The summed E-state index contributed by atoms with van der Waals surface area (Å²) in [6, 6.07) is 0. The molecule has 4 aliphatic carbocycles. The number of hydrogen-bond donors (Lipinski definition) is 2. The van der Waals surface area contributed by atoms with Gasteiger partial charge in [0.05, 0.1) is 30.3 Å². The van der Waals surface area contributed by atoms with Gasteiger partial charge in [-0.2, -0.15) is 0 Å². The molecule has 2 N–H and O–H groups in total. The van der Waals surface area contributed by atoms with Gasteiger partial charge >= 0.3 is 0 Å². The van der Waals surface area contributed by atoms with Crippen molar-refractivity contribution < 1.29 is 24.5 Å². The van der Waals surface area contributed by atoms with Crippen molar-refractivity contribution in [2.45, 2.75) is 89.6 Å². The molecule has 1 saturated heterocycles. The van der Waals surface area contributed by atoms with Gasteiger partial charge in [-0.1, -0.05) is 32.4 Å². The predicted octanol–water partition coefficient (Wildman–Crippen LogP) is 3.37. The van der Waals surface area contributed by atoms with Gasteiger partial charge in [0.2, 0.25) is 0 Å². The van der Waals surface area contributed by atoms with Crippen molar-refractivity contribution in [2.75, 3.05) is 13.2 Å². The highest BCUT2D eigenvalue weighted by atomic mass is 16.7. The highest BCUT2D eigenvalue weighted by Gasteiger charge is 2.67. The van der Waals surface area contributed by atoms with Gasteiger partial charge in [-0.15, -0.1) is 0 Å². The summed E-state index contributed by atoms with van der Waals surface area (Å²) in [4.78, 5) is 12.7. The van der Waals surface area contributed by atoms with Crippen molar-refractivity contribution in [1.82, 2.24) is 0 Å². The predicted molar refractivity (Wildman–Crippen MR) is 108 cm³/mol. The van der Waals surface area contributed by atoms with E-state index in [-0.39, 0.29) is 22.9 Å². The van der Waals surface area contributed by atoms with E-state index >= 15 is 0 Å². The Labute approximate surface area is 173 Å². The van der Waals surface area contributed by atoms with E-state index in [2.05, 4.69) is 26.8 Å². The highest BCUT2D eigenvalue weighted by molar-refractivity contribution is 5.70. The molecule has 0 aromatic heterocycles. The van der Waals surface area contributed by atoms with Crippen LogP contribution in [0, 0.1) is 28.1 Å². The Morgan fingerprint density at radius 3 is 2.48 bits per heavy atom. The molecule has 4 fully saturated rings. The number of rotatable bonds is 1. The van der Waals surface area contributed by atoms with Crippen molar-refractivity contribution in [1.29, 1.82) is 0 Å². The van der Waals surface area contributed by atoms with E-state index in [4.69, 9.17) is 9.47 Å². The minimum atomic E-state index is -1.12. The number of hydrogen-bond acceptors (Lipinski definition) is 5. The smallest absolute Gasteiger partial charge is 0.171 e. The lowest BCUT2D eigenvalue weighted by molar-refractivity contribution is -0.339. The van der Waals surface area contributed by atoms with Crippen LogP contribution < -0.4 is 0 Å². The lowest BCUT2D eigenvalue weighted by Gasteiger charge is -2.61. The first-order valence-corrected chi connectivity index (χ1v) is 11.4. The van der Waals surface area contributed by atoms with Crippen molar-refractivity contribution >= 4 is 6.29 Å². The van der Waals surface area contributed by atoms with Gasteiger partial charge in [0.1, 0.15) is 6.29 Å². The summed E-state index contributed by atoms with van der Waals surface area (Å²) in [6.45, 7) is 7.68. The molecule has 3 saturated carbocycles. The third-order valence-corrected chi connectivity index (χ3v) is 9.34. The summed E-state index contributed by atoms with van der Waals surface area (Å²) in [5.74, 6) is -0.0769. The number of aliphatic hydroxyl groups excluding tert-OH is 1. The Morgan fingerprint density at radius 1 is 1.07 bits per heavy atom. The van der Waals surface area contributed by atoms with Crippen LogP contribution in [0.4, 0.5) is 0 Å². The minimum absolute atomic E-state index is 0.0234. The zero-order chi connectivity index (χ0) is 20.7. The molecule has 5 aliphatic rings. The summed E-state index contributed by atoms with van der Waals surface area (Å²) in [6.07, 6.45) is 8.67. The maximum atomic E-state index is 12.7. The van der Waals surface area contributed by atoms with Crippen LogP contribution in [-0.4, -0.2) is 47.2 Å². The van der Waals surface area contributed by atoms with Crippen LogP contribution in [0.1, 0.15) is 72.1 Å². The van der Waals surface area contributed by atoms with E-state index < -0.39 is 16.8 Å². The van der Waals surface area contributed by atoms with Gasteiger partial charge in [-0.05, 0) is 50.4 Å². The maximum absolute atomic E-state index is 12.7. The van der Waals surface area contributed by atoms with Crippen molar-refractivity contribution in [3.63, 3.8) is 0 Å². The van der Waals surface area contributed by atoms with Crippen LogP contribution >= 0.6 is 0 Å². The number of allylic oxidation sites excluding steroid dienone is 1. The molecule has 5 nitrogen and oxygen atoms in total. The second-order valence-corrected chi connectivity index (χ2v) is 11.7. The summed E-state index contributed by atoms with van der Waals surface area (Å²) in [5.41, 5.74) is -0.934. The number of ether oxygens (including phenoxy) is 2. The van der Waals surface area contributed by atoms with Gasteiger partial charge in [0.25, 0.3) is 0 Å². The summed E-state index contributed by atoms with van der Waals surface area (Å²) in [7, 11) is 0. The number of carbonyl (C=O) groups excluding carboxylic acids is 1. The average Bonchev–Trinajstić information content (AvgIpc) is 2.99. The van der Waals surface area contributed by atoms with Gasteiger partial charge in [0, 0.05) is 23.7 Å². The first-order valence-electron chi connectivity index (χ1n) is 11.4. The van der Waals surface area contributed by atoms with E-state index in [0.29, 0.717) is 44.8 Å². The van der Waals surface area contributed by atoms with E-state index in [9.17, 15) is 15.0 Å². The van der Waals surface area contributed by atoms with Gasteiger partial charge in [0.15, 0.2) is 5.79 Å². The van der Waals surface area contributed by atoms with Crippen LogP contribution in [0.3, 0.4) is 0 Å². The fourth-order valence-electron chi connectivity index (χ4n) is 7.41. The number of carbonyl (C=O) groups is 1. The molecule has 2 unspecified atom stereocenters. The van der Waals surface area contributed by atoms with Crippen molar-refractivity contribution in [3.8, 4) is 0 Å². The SMILES string of the molecule is CC1(C)COC2(CC[C@]3(C=O)C4=CC[C@@]5(C)C(CC[C@@H]5O)C4CC[C@@]3(O)C2)OC1. The summed E-state index contributed by atoms with van der Waals surface area (Å²) < 4.78 is 12.4. The van der Waals surface area contributed by atoms with Crippen LogP contribution in [0.25, 0.3) is 0 Å². The molecule has 6 atom stereocenters. The van der Waals surface area contributed by atoms with Gasteiger partial charge < -0.3 is 24.5 Å². The first-order chi connectivity index (χ1) is 13.6. The molecular formula is C24H36O5. The second kappa shape index (κ2) is 6.15. The Hall–Kier alpha value is -0.750. The van der Waals surface area contributed by atoms with Crippen LogP contribution in [0.15, 0.2) is 11.6 Å². The van der Waals surface area contributed by atoms with Gasteiger partial charge in [-0.3, -0.25) is 0 Å². The lowest BCUT2D eigenvalue weighted by Crippen LogP contribution is -2.65. The number of fused-ring (bicyclic) bond motifs is 5. The molecule has 1 aliphatic heterocycles. The molecule has 0 aromatic rings. The first kappa shape index (κ1) is 20.2. The normalized spacial score (nSPS) is 50.2. The molecule has 0 amide bonds. The van der Waals surface area contributed by atoms with Crippen molar-refractivity contribution in [3.05, 3.63) is 11.6 Å². The third kappa shape index (κ3) is 2.63. The number of aliphatic hydroxyl groups is 2. The molecule has 5 rings (SSSR count). The lowest BCUT2D eigenvalue weighted by atomic mass is 9.47. The highest BCUT2D eigenvalue weighted by Crippen LogP contribution is 2.66. The summed E-state index contributed by atoms with van der Waals surface area (Å²) >= 11 is 0. The molecule has 0 radical (unpaired) electrons. The molecule has 0 bridgehead atoms. The minimum Gasteiger partial charge on any atom is -0.393 e. The molecule has 1 spiro atoms. The van der Waals surface area contributed by atoms with Crippen LogP contribution in [0.2, 0.25) is 0 Å². The molecule has 162 valence electrons. The summed E-state index contributed by atoms with van der Waals surface area (Å²) in [5, 5.41) is 22.5. The van der Waals surface area contributed by atoms with Crippen LogP contribution in [-0.2, 0) is 14.3 Å². The number of aldehydes is 1. The Morgan fingerprint density at radius 2 is 1.79 bits per heavy atom. The Balaban J connectivity index is 1.48. The van der Waals surface area contributed by atoms with Gasteiger partial charge in [-0.25, -0.2) is 0 Å². The Kier molecular flexibility index (Phi) is 4.28. The van der Waals surface area contributed by atoms with Crippen LogP contribution in [0.5, 0.6) is 0 Å². The molecular weight excluding hydrogens is 368 g/mol. The topological polar surface area (TPSA) is 76.0 Å². The fraction of sp³-hybridized carbons (Fsp3) is 0.875. The second-order valence-electron chi connectivity index (χ2n) is 11.7. The monoisotopic (exact) mass is 404 g/mol. The zero-order valence-corrected chi connectivity index (χ0v) is 18.1. The van der Waals surface area contributed by atoms with E-state index in [1.807, 2.05) is 0 Å². The van der Waals surface area contributed by atoms with Crippen molar-refractivity contribution in [2.24, 2.45) is 28.1 Å². The standard InChI is InChI=1S/C24H36O5/c1-20(2)14-28-24(29-15-20)11-10-22(13-25)18-7-8-21(3)17(4-5-19(21)26)16(18)6-9-23(22,27)12-24/h7,13,16-17,19,26-27H,4-6,8-12,14-15H2,1-3H3/t16?,17?,19-,21-,22-,23+/m0/s1. The molecule has 1 heterocycles. The Bertz CT molecular complexity index is 734. The van der Waals surface area contributed by atoms with E-state index in [0.717, 1.165) is 37.5 Å². The fourth-order valence-corrected chi connectivity index (χ4v) is 7.41. The third-order valence-electron chi connectivity index (χ3n) is 9.34.